The standard InChI is InChI=1S/C64H100O6/c1-4-7-10-13-16-19-22-24-26-27-28-29-30-31-32-33-34-35-36-37-39-40-42-45-48-51-54-57-63(66)69-60-61(59-68-62(65)56-53-50-47-44-21-18-15-12-9-6-3)70-64(67)58-55-52-49-46-43-41-38-25-23-20-17-14-11-8-5-2/h7-8,10-12,15-17,19-20,24-26,28-29,31-32,34-35,38,43,46,52,55,61H,4-6,9,13-14,18,21-23,27,30,33,36-37,39-42,44-45,47-51,53-54,56-60H2,1-3H3/b10-7-,11-8-,15-12-,19-16-,20-17-,26-24-,29-28-,32-31-,35-34-,38-25-,46-43-,55-52-. The molecule has 0 heterocycles. The molecule has 0 aliphatic carbocycles. The Kier molecular flexibility index (Phi) is 53.0. The number of hydrogen-bond donors (Lipinski definition) is 0. The molecule has 392 valence electrons. The highest BCUT2D eigenvalue weighted by Crippen LogP contribution is 2.13. The van der Waals surface area contributed by atoms with Crippen molar-refractivity contribution in [2.24, 2.45) is 0 Å². The van der Waals surface area contributed by atoms with E-state index in [-0.39, 0.29) is 31.6 Å². The van der Waals surface area contributed by atoms with Gasteiger partial charge in [-0.15, -0.1) is 0 Å². The summed E-state index contributed by atoms with van der Waals surface area (Å²) in [7, 11) is 0. The average molecular weight is 965 g/mol. The molecule has 0 rings (SSSR count). The first kappa shape index (κ1) is 65.3. The molecule has 0 amide bonds. The third-order valence-corrected chi connectivity index (χ3v) is 11.1. The fourth-order valence-electron chi connectivity index (χ4n) is 6.99. The van der Waals surface area contributed by atoms with Crippen LogP contribution < -0.4 is 0 Å². The second-order valence-corrected chi connectivity index (χ2v) is 17.7. The molecule has 0 aromatic carbocycles. The molecule has 0 saturated heterocycles. The Labute approximate surface area is 429 Å². The number of rotatable bonds is 48. The van der Waals surface area contributed by atoms with E-state index in [2.05, 4.69) is 154 Å². The van der Waals surface area contributed by atoms with Gasteiger partial charge in [0.2, 0.25) is 0 Å². The van der Waals surface area contributed by atoms with E-state index in [0.29, 0.717) is 19.3 Å². The number of esters is 3. The molecule has 1 unspecified atom stereocenters. The second kappa shape index (κ2) is 56.9. The van der Waals surface area contributed by atoms with Gasteiger partial charge >= 0.3 is 17.9 Å². The first-order valence-corrected chi connectivity index (χ1v) is 27.8. The molecule has 0 saturated carbocycles. The van der Waals surface area contributed by atoms with Gasteiger partial charge in [0.15, 0.2) is 6.10 Å². The van der Waals surface area contributed by atoms with Gasteiger partial charge in [-0.25, -0.2) is 0 Å². The van der Waals surface area contributed by atoms with Crippen molar-refractivity contribution in [1.29, 1.82) is 0 Å². The molecule has 0 bridgehead atoms. The molecule has 0 aromatic rings. The van der Waals surface area contributed by atoms with E-state index in [0.717, 1.165) is 128 Å². The molecule has 0 fully saturated rings. The highest BCUT2D eigenvalue weighted by atomic mass is 16.6. The van der Waals surface area contributed by atoms with Gasteiger partial charge in [0.25, 0.3) is 0 Å². The smallest absolute Gasteiger partial charge is 0.310 e. The topological polar surface area (TPSA) is 78.9 Å². The molecular formula is C64H100O6. The molecule has 0 aliphatic heterocycles. The molecule has 0 spiro atoms. The maximum Gasteiger partial charge on any atom is 0.310 e. The van der Waals surface area contributed by atoms with Crippen molar-refractivity contribution in [3.63, 3.8) is 0 Å². The fraction of sp³-hybridized carbons (Fsp3) is 0.578. The Bertz CT molecular complexity index is 1580. The fourth-order valence-corrected chi connectivity index (χ4v) is 6.99. The minimum atomic E-state index is -0.844. The Morgan fingerprint density at radius 2 is 0.600 bits per heavy atom. The van der Waals surface area contributed by atoms with Crippen LogP contribution in [0.1, 0.15) is 220 Å². The van der Waals surface area contributed by atoms with Gasteiger partial charge in [-0.05, 0) is 116 Å². The van der Waals surface area contributed by atoms with E-state index in [1.807, 2.05) is 6.08 Å². The number of allylic oxidation sites excluding steroid dienone is 23. The minimum absolute atomic E-state index is 0.0871. The Balaban J connectivity index is 4.38. The van der Waals surface area contributed by atoms with E-state index in [1.165, 1.54) is 44.9 Å². The zero-order chi connectivity index (χ0) is 50.7. The number of carbonyl (C=O) groups excluding carboxylic acids is 3. The summed E-state index contributed by atoms with van der Waals surface area (Å²) in [5, 5.41) is 0. The third kappa shape index (κ3) is 54.2. The van der Waals surface area contributed by atoms with Crippen LogP contribution in [-0.4, -0.2) is 37.2 Å². The Morgan fingerprint density at radius 1 is 0.314 bits per heavy atom. The van der Waals surface area contributed by atoms with Crippen LogP contribution in [0.2, 0.25) is 0 Å². The van der Waals surface area contributed by atoms with Crippen LogP contribution in [0.3, 0.4) is 0 Å². The van der Waals surface area contributed by atoms with E-state index < -0.39 is 12.1 Å². The molecular weight excluding hydrogens is 865 g/mol. The van der Waals surface area contributed by atoms with E-state index in [9.17, 15) is 14.4 Å². The zero-order valence-corrected chi connectivity index (χ0v) is 44.7. The maximum atomic E-state index is 12.7. The van der Waals surface area contributed by atoms with Crippen molar-refractivity contribution in [2.75, 3.05) is 13.2 Å². The van der Waals surface area contributed by atoms with Gasteiger partial charge in [0.1, 0.15) is 13.2 Å². The van der Waals surface area contributed by atoms with Gasteiger partial charge in [0.05, 0.1) is 6.42 Å². The lowest BCUT2D eigenvalue weighted by atomic mass is 10.1. The predicted molar refractivity (Wildman–Crippen MR) is 302 cm³/mol. The second-order valence-electron chi connectivity index (χ2n) is 17.7. The quantitative estimate of drug-likeness (QED) is 0.0262. The van der Waals surface area contributed by atoms with Crippen molar-refractivity contribution < 1.29 is 28.6 Å². The third-order valence-electron chi connectivity index (χ3n) is 11.1. The first-order valence-electron chi connectivity index (χ1n) is 27.8. The van der Waals surface area contributed by atoms with Crippen LogP contribution in [0, 0.1) is 0 Å². The monoisotopic (exact) mass is 965 g/mol. The van der Waals surface area contributed by atoms with Crippen molar-refractivity contribution in [3.05, 3.63) is 146 Å². The van der Waals surface area contributed by atoms with Gasteiger partial charge in [-0.2, -0.15) is 0 Å². The van der Waals surface area contributed by atoms with E-state index in [1.54, 1.807) is 6.08 Å². The number of unbranched alkanes of at least 4 members (excludes halogenated alkanes) is 14. The largest absolute Gasteiger partial charge is 0.462 e. The highest BCUT2D eigenvalue weighted by Gasteiger charge is 2.19. The van der Waals surface area contributed by atoms with Gasteiger partial charge in [-0.1, -0.05) is 231 Å². The highest BCUT2D eigenvalue weighted by molar-refractivity contribution is 5.72. The van der Waals surface area contributed by atoms with Gasteiger partial charge in [-0.3, -0.25) is 14.4 Å². The predicted octanol–water partition coefficient (Wildman–Crippen LogP) is 18.8. The minimum Gasteiger partial charge on any atom is -0.462 e. The lowest BCUT2D eigenvalue weighted by molar-refractivity contribution is -0.166. The normalized spacial score (nSPS) is 13.2. The SMILES string of the molecule is CC/C=C\C/C=C\C/C=C\C/C=C\C/C=C\C/C=C\CCCCCCCCCCC(=O)OCC(COC(=O)CCCCCCC/C=C\CCC)OC(=O)C/C=C\C/C=C\C/C=C\C/C=C\C/C=C\CC. The molecule has 0 radical (unpaired) electrons. The van der Waals surface area contributed by atoms with Crippen molar-refractivity contribution in [3.8, 4) is 0 Å². The van der Waals surface area contributed by atoms with Crippen LogP contribution in [0.4, 0.5) is 0 Å². The molecule has 6 nitrogen and oxygen atoms in total. The lowest BCUT2D eigenvalue weighted by Crippen LogP contribution is -2.30. The molecule has 70 heavy (non-hydrogen) atoms. The zero-order valence-electron chi connectivity index (χ0n) is 44.7. The summed E-state index contributed by atoms with van der Waals surface area (Å²) in [5.41, 5.74) is 0. The maximum absolute atomic E-state index is 12.7. The van der Waals surface area contributed by atoms with Crippen molar-refractivity contribution in [2.45, 2.75) is 226 Å². The van der Waals surface area contributed by atoms with Gasteiger partial charge < -0.3 is 14.2 Å². The Hall–Kier alpha value is -4.71. The lowest BCUT2D eigenvalue weighted by Gasteiger charge is -2.18. The molecule has 0 aliphatic rings. The first-order chi connectivity index (χ1) is 34.5. The van der Waals surface area contributed by atoms with Crippen LogP contribution in [0.5, 0.6) is 0 Å². The summed E-state index contributed by atoms with van der Waals surface area (Å²) in [6.07, 6.45) is 81.6. The molecule has 0 N–H and O–H groups in total. The van der Waals surface area contributed by atoms with E-state index in [4.69, 9.17) is 14.2 Å². The van der Waals surface area contributed by atoms with Crippen molar-refractivity contribution >= 4 is 17.9 Å². The van der Waals surface area contributed by atoms with Crippen LogP contribution in [0.25, 0.3) is 0 Å². The number of ether oxygens (including phenoxy) is 3. The van der Waals surface area contributed by atoms with Crippen LogP contribution >= 0.6 is 0 Å². The summed E-state index contributed by atoms with van der Waals surface area (Å²) < 4.78 is 16.7. The van der Waals surface area contributed by atoms with Crippen LogP contribution in [-0.2, 0) is 28.6 Å². The summed E-state index contributed by atoms with van der Waals surface area (Å²) in [5.74, 6) is -1.09. The summed E-state index contributed by atoms with van der Waals surface area (Å²) in [6.45, 7) is 6.23. The van der Waals surface area contributed by atoms with E-state index >= 15 is 0 Å². The van der Waals surface area contributed by atoms with Gasteiger partial charge in [0, 0.05) is 12.8 Å². The summed E-state index contributed by atoms with van der Waals surface area (Å²) >= 11 is 0. The number of carbonyl (C=O) groups is 3. The van der Waals surface area contributed by atoms with Crippen LogP contribution in [0.15, 0.2) is 146 Å². The average Bonchev–Trinajstić information content (AvgIpc) is 3.36. The molecule has 1 atom stereocenters. The number of hydrogen-bond acceptors (Lipinski definition) is 6. The molecule has 6 heteroatoms. The Morgan fingerprint density at radius 3 is 0.957 bits per heavy atom. The summed E-state index contributed by atoms with van der Waals surface area (Å²) in [4.78, 5) is 37.9. The summed E-state index contributed by atoms with van der Waals surface area (Å²) in [6, 6.07) is 0. The van der Waals surface area contributed by atoms with Crippen molar-refractivity contribution in [1.82, 2.24) is 0 Å². The molecule has 0 aromatic heterocycles.